The molecule has 9 heteroatoms. The summed E-state index contributed by atoms with van der Waals surface area (Å²) in [7, 11) is 0. The molecule has 2 aromatic heterocycles. The molecule has 0 bridgehead atoms. The van der Waals surface area contributed by atoms with Gasteiger partial charge in [-0.25, -0.2) is 4.52 Å². The smallest absolute Gasteiger partial charge is 0.396 e. The fraction of sp³-hybridized carbons (Fsp3) is 0.150. The first-order valence-electron chi connectivity index (χ1n) is 8.67. The molecule has 0 atom stereocenters. The van der Waals surface area contributed by atoms with Gasteiger partial charge in [0.05, 0.1) is 16.1 Å². The number of aromatic nitrogens is 2. The summed E-state index contributed by atoms with van der Waals surface area (Å²) in [5.41, 5.74) is 0.534. The van der Waals surface area contributed by atoms with E-state index in [1.165, 1.54) is 28.8 Å². The summed E-state index contributed by atoms with van der Waals surface area (Å²) in [6.45, 7) is -0.219. The molecule has 1 N–H and O–H groups in total. The molecule has 0 aliphatic carbocycles. The first-order chi connectivity index (χ1) is 13.8. The molecule has 0 saturated heterocycles. The minimum absolute atomic E-state index is 0.133. The van der Waals surface area contributed by atoms with E-state index in [1.807, 2.05) is 0 Å². The van der Waals surface area contributed by atoms with E-state index in [0.29, 0.717) is 27.6 Å². The number of halogens is 3. The number of aliphatic hydroxyl groups excluding tert-OH is 1. The molecule has 0 spiro atoms. The van der Waals surface area contributed by atoms with E-state index in [-0.39, 0.29) is 24.2 Å². The second kappa shape index (κ2) is 6.85. The highest BCUT2D eigenvalue weighted by Gasteiger charge is 2.35. The number of hydrogen-bond donors (Lipinski definition) is 1. The van der Waals surface area contributed by atoms with Gasteiger partial charge in [0.2, 0.25) is 0 Å². The van der Waals surface area contributed by atoms with Crippen molar-refractivity contribution in [3.8, 4) is 11.3 Å². The number of rotatable bonds is 4. The average Bonchev–Trinajstić information content (AvgIpc) is 3.14. The van der Waals surface area contributed by atoms with E-state index in [9.17, 15) is 28.4 Å². The van der Waals surface area contributed by atoms with Crippen LogP contribution in [0.3, 0.4) is 0 Å². The normalized spacial score (nSPS) is 12.0. The van der Waals surface area contributed by atoms with Gasteiger partial charge < -0.3 is 5.11 Å². The van der Waals surface area contributed by atoms with Gasteiger partial charge in [0.25, 0.3) is 5.69 Å². The molecule has 4 aromatic rings. The highest BCUT2D eigenvalue weighted by Crippen LogP contribution is 2.37. The number of hydrogen-bond acceptors (Lipinski definition) is 4. The van der Waals surface area contributed by atoms with E-state index in [2.05, 4.69) is 5.10 Å². The van der Waals surface area contributed by atoms with Crippen molar-refractivity contribution >= 4 is 22.0 Å². The highest BCUT2D eigenvalue weighted by atomic mass is 19.4. The van der Waals surface area contributed by atoms with Crippen molar-refractivity contribution in [2.45, 2.75) is 12.6 Å². The monoisotopic (exact) mass is 401 g/mol. The molecule has 0 saturated carbocycles. The van der Waals surface area contributed by atoms with Crippen molar-refractivity contribution in [2.24, 2.45) is 0 Å². The molecule has 29 heavy (non-hydrogen) atoms. The first kappa shape index (κ1) is 18.9. The van der Waals surface area contributed by atoms with E-state index < -0.39 is 16.8 Å². The quantitative estimate of drug-likeness (QED) is 0.400. The van der Waals surface area contributed by atoms with Gasteiger partial charge in [0, 0.05) is 29.7 Å². The van der Waals surface area contributed by atoms with Gasteiger partial charge >= 0.3 is 6.18 Å². The first-order valence-corrected chi connectivity index (χ1v) is 8.67. The topological polar surface area (TPSA) is 80.7 Å². The molecule has 4 rings (SSSR count). The fourth-order valence-electron chi connectivity index (χ4n) is 3.51. The molecule has 148 valence electrons. The standard InChI is InChI=1S/C20H14F3N3O3/c21-20(22,23)18-11-17-15-4-2-1-3-14(15)16(9-10-27)19(25(17)24-18)12-5-7-13(8-6-12)26(28)29/h1-8,11,27H,9-10H2. The van der Waals surface area contributed by atoms with Crippen LogP contribution in [0.15, 0.2) is 54.6 Å². The third-order valence-electron chi connectivity index (χ3n) is 4.74. The Kier molecular flexibility index (Phi) is 4.46. The number of benzene rings is 2. The number of aliphatic hydroxyl groups is 1. The molecule has 0 unspecified atom stereocenters. The summed E-state index contributed by atoms with van der Waals surface area (Å²) in [6, 6.07) is 13.5. The van der Waals surface area contributed by atoms with Gasteiger partial charge in [-0.3, -0.25) is 10.1 Å². The lowest BCUT2D eigenvalue weighted by Crippen LogP contribution is -2.08. The van der Waals surface area contributed by atoms with Crippen LogP contribution in [0.25, 0.3) is 27.5 Å². The maximum Gasteiger partial charge on any atom is 0.435 e. The van der Waals surface area contributed by atoms with E-state index in [0.717, 1.165) is 6.07 Å². The maximum absolute atomic E-state index is 13.4. The molecule has 2 heterocycles. The molecule has 2 aromatic carbocycles. The van der Waals surface area contributed by atoms with E-state index in [1.54, 1.807) is 24.3 Å². The zero-order valence-electron chi connectivity index (χ0n) is 14.8. The molecule has 6 nitrogen and oxygen atoms in total. The van der Waals surface area contributed by atoms with Crippen LogP contribution in [0, 0.1) is 10.1 Å². The van der Waals surface area contributed by atoms with Gasteiger partial charge in [-0.2, -0.15) is 18.3 Å². The van der Waals surface area contributed by atoms with Crippen molar-refractivity contribution in [3.05, 3.63) is 76.0 Å². The molecule has 0 radical (unpaired) electrons. The zero-order chi connectivity index (χ0) is 20.8. The average molecular weight is 401 g/mol. The Balaban J connectivity index is 2.12. The van der Waals surface area contributed by atoms with Gasteiger partial charge in [-0.05, 0) is 35.6 Å². The van der Waals surface area contributed by atoms with Crippen LogP contribution in [-0.2, 0) is 12.6 Å². The van der Waals surface area contributed by atoms with Crippen molar-refractivity contribution < 1.29 is 23.2 Å². The van der Waals surface area contributed by atoms with Crippen LogP contribution in [0.4, 0.5) is 18.9 Å². The highest BCUT2D eigenvalue weighted by molar-refractivity contribution is 6.01. The van der Waals surface area contributed by atoms with Gasteiger partial charge in [0.15, 0.2) is 5.69 Å². The summed E-state index contributed by atoms with van der Waals surface area (Å²) >= 11 is 0. The summed E-state index contributed by atoms with van der Waals surface area (Å²) in [6.07, 6.45) is -4.44. The number of non-ortho nitro benzene ring substituents is 1. The third-order valence-corrected chi connectivity index (χ3v) is 4.74. The number of nitro benzene ring substituents is 1. The lowest BCUT2D eigenvalue weighted by atomic mass is 9.96. The lowest BCUT2D eigenvalue weighted by Gasteiger charge is -2.15. The molecule has 0 fully saturated rings. The molecular formula is C20H14F3N3O3. The Hall–Kier alpha value is -3.46. The summed E-state index contributed by atoms with van der Waals surface area (Å²) < 4.78 is 41.3. The second-order valence-corrected chi connectivity index (χ2v) is 6.47. The van der Waals surface area contributed by atoms with Crippen LogP contribution >= 0.6 is 0 Å². The Morgan fingerprint density at radius 1 is 1.07 bits per heavy atom. The maximum atomic E-state index is 13.4. The Morgan fingerprint density at radius 2 is 1.72 bits per heavy atom. The zero-order valence-corrected chi connectivity index (χ0v) is 14.8. The summed E-state index contributed by atoms with van der Waals surface area (Å²) in [5.74, 6) is 0. The number of nitrogens with zero attached hydrogens (tertiary/aromatic N) is 3. The van der Waals surface area contributed by atoms with E-state index >= 15 is 0 Å². The van der Waals surface area contributed by atoms with Crippen LogP contribution in [-0.4, -0.2) is 26.3 Å². The predicted octanol–water partition coefficient (Wildman–Crippen LogP) is 4.62. The molecule has 0 aliphatic rings. The predicted molar refractivity (Wildman–Crippen MR) is 101 cm³/mol. The molecule has 0 aliphatic heterocycles. The van der Waals surface area contributed by atoms with Crippen molar-refractivity contribution in [3.63, 3.8) is 0 Å². The molecule has 0 amide bonds. The fourth-order valence-corrected chi connectivity index (χ4v) is 3.51. The van der Waals surface area contributed by atoms with Crippen LogP contribution < -0.4 is 0 Å². The SMILES string of the molecule is O=[N+]([O-])c1ccc(-c2c(CCO)c3ccccc3c3cc(C(F)(F)F)nn23)cc1. The number of fused-ring (bicyclic) bond motifs is 3. The van der Waals surface area contributed by atoms with Gasteiger partial charge in [-0.15, -0.1) is 0 Å². The van der Waals surface area contributed by atoms with E-state index in [4.69, 9.17) is 0 Å². The summed E-state index contributed by atoms with van der Waals surface area (Å²) in [4.78, 5) is 10.4. The largest absolute Gasteiger partial charge is 0.435 e. The van der Waals surface area contributed by atoms with Crippen LogP contribution in [0.2, 0.25) is 0 Å². The minimum Gasteiger partial charge on any atom is -0.396 e. The lowest BCUT2D eigenvalue weighted by molar-refractivity contribution is -0.384. The Morgan fingerprint density at radius 3 is 2.31 bits per heavy atom. The molecular weight excluding hydrogens is 387 g/mol. The third kappa shape index (κ3) is 3.19. The van der Waals surface area contributed by atoms with Gasteiger partial charge in [-0.1, -0.05) is 24.3 Å². The Labute approximate surface area is 162 Å². The van der Waals surface area contributed by atoms with Crippen molar-refractivity contribution in [1.29, 1.82) is 0 Å². The van der Waals surface area contributed by atoms with Crippen LogP contribution in [0.5, 0.6) is 0 Å². The van der Waals surface area contributed by atoms with Crippen molar-refractivity contribution in [2.75, 3.05) is 6.61 Å². The Bertz CT molecular complexity index is 1230. The number of pyridine rings is 1. The van der Waals surface area contributed by atoms with Crippen LogP contribution in [0.1, 0.15) is 11.3 Å². The number of alkyl halides is 3. The van der Waals surface area contributed by atoms with Gasteiger partial charge in [0.1, 0.15) is 0 Å². The number of nitro groups is 1. The second-order valence-electron chi connectivity index (χ2n) is 6.47. The minimum atomic E-state index is -4.63. The summed E-state index contributed by atoms with van der Waals surface area (Å²) in [5, 5.41) is 25.6. The van der Waals surface area contributed by atoms with Crippen molar-refractivity contribution in [1.82, 2.24) is 9.61 Å².